The fraction of sp³-hybridized carbons (Fsp3) is 0. The van der Waals surface area contributed by atoms with Crippen LogP contribution in [0.25, 0.3) is 0 Å². The zero-order chi connectivity index (χ0) is 6.69. The molecular weight excluding hydrogens is 315 g/mol. The summed E-state index contributed by atoms with van der Waals surface area (Å²) >= 11 is 0. The van der Waals surface area contributed by atoms with Gasteiger partial charge in [-0.05, 0) is 5.46 Å². The number of benzene rings is 1. The SMILES string of the molecule is OB(O)c1ccccc1.[Hg]. The summed E-state index contributed by atoms with van der Waals surface area (Å²) in [4.78, 5) is 0. The van der Waals surface area contributed by atoms with Crippen LogP contribution in [0.15, 0.2) is 30.3 Å². The first-order valence-corrected chi connectivity index (χ1v) is 2.72. The van der Waals surface area contributed by atoms with E-state index in [1.54, 1.807) is 24.3 Å². The molecule has 0 aliphatic rings. The van der Waals surface area contributed by atoms with Gasteiger partial charge in [0.25, 0.3) is 0 Å². The van der Waals surface area contributed by atoms with E-state index in [4.69, 9.17) is 10.0 Å². The Morgan fingerprint density at radius 1 is 1.00 bits per heavy atom. The van der Waals surface area contributed by atoms with Gasteiger partial charge in [0.1, 0.15) is 0 Å². The van der Waals surface area contributed by atoms with Gasteiger partial charge >= 0.3 is 7.12 Å². The number of hydrogen-bond acceptors (Lipinski definition) is 2. The summed E-state index contributed by atoms with van der Waals surface area (Å²) in [5.74, 6) is 0. The third kappa shape index (κ3) is 2.82. The molecule has 0 spiro atoms. The third-order valence-corrected chi connectivity index (χ3v) is 1.10. The third-order valence-electron chi connectivity index (χ3n) is 1.10. The Balaban J connectivity index is 0.000000810. The number of hydrogen-bond donors (Lipinski definition) is 2. The maximum absolute atomic E-state index is 8.58. The topological polar surface area (TPSA) is 40.5 Å². The van der Waals surface area contributed by atoms with Crippen molar-refractivity contribution in [2.24, 2.45) is 0 Å². The first-order valence-electron chi connectivity index (χ1n) is 2.72. The van der Waals surface area contributed by atoms with Gasteiger partial charge in [-0.3, -0.25) is 0 Å². The van der Waals surface area contributed by atoms with E-state index < -0.39 is 7.12 Å². The maximum atomic E-state index is 8.58. The summed E-state index contributed by atoms with van der Waals surface area (Å²) in [6.45, 7) is 0. The van der Waals surface area contributed by atoms with Gasteiger partial charge in [-0.1, -0.05) is 30.3 Å². The van der Waals surface area contributed by atoms with Crippen molar-refractivity contribution < 1.29 is 37.7 Å². The van der Waals surface area contributed by atoms with Gasteiger partial charge in [0, 0.05) is 27.7 Å². The van der Waals surface area contributed by atoms with Crippen LogP contribution in [0, 0.1) is 0 Å². The molecule has 0 atom stereocenters. The zero-order valence-corrected chi connectivity index (χ0v) is 11.1. The average Bonchev–Trinajstić information content (AvgIpc) is 1.90. The van der Waals surface area contributed by atoms with Crippen LogP contribution < -0.4 is 5.46 Å². The Morgan fingerprint density at radius 3 is 1.80 bits per heavy atom. The molecule has 0 aliphatic heterocycles. The fourth-order valence-corrected chi connectivity index (χ4v) is 0.625. The van der Waals surface area contributed by atoms with Crippen LogP contribution in [0.1, 0.15) is 0 Å². The van der Waals surface area contributed by atoms with Crippen LogP contribution in [0.3, 0.4) is 0 Å². The minimum atomic E-state index is -1.34. The average molecular weight is 323 g/mol. The van der Waals surface area contributed by atoms with E-state index in [0.717, 1.165) is 0 Å². The van der Waals surface area contributed by atoms with Gasteiger partial charge in [-0.25, -0.2) is 0 Å². The molecule has 0 bridgehead atoms. The van der Waals surface area contributed by atoms with Gasteiger partial charge < -0.3 is 10.0 Å². The second kappa shape index (κ2) is 4.88. The Labute approximate surface area is 80.5 Å². The Hall–Kier alpha value is 0.140. The molecule has 1 rings (SSSR count). The molecule has 0 unspecified atom stereocenters. The first-order chi connectivity index (χ1) is 4.30. The molecule has 2 nitrogen and oxygen atoms in total. The van der Waals surface area contributed by atoms with Gasteiger partial charge in [0.2, 0.25) is 0 Å². The zero-order valence-electron chi connectivity index (χ0n) is 5.57. The van der Waals surface area contributed by atoms with E-state index in [1.807, 2.05) is 6.07 Å². The second-order valence-electron chi connectivity index (χ2n) is 1.78. The van der Waals surface area contributed by atoms with Gasteiger partial charge in [-0.15, -0.1) is 0 Å². The summed E-state index contributed by atoms with van der Waals surface area (Å²) in [7, 11) is -1.34. The van der Waals surface area contributed by atoms with Crippen molar-refractivity contribution in [2.45, 2.75) is 0 Å². The summed E-state index contributed by atoms with van der Waals surface area (Å²) in [6, 6.07) is 8.66. The van der Waals surface area contributed by atoms with Crippen LogP contribution in [0.5, 0.6) is 0 Å². The molecule has 0 amide bonds. The molecular formula is C6H7BHgO2. The largest absolute Gasteiger partial charge is 0.488 e. The van der Waals surface area contributed by atoms with E-state index in [2.05, 4.69) is 0 Å². The maximum Gasteiger partial charge on any atom is 0.488 e. The van der Waals surface area contributed by atoms with Gasteiger partial charge in [0.05, 0.1) is 0 Å². The van der Waals surface area contributed by atoms with Gasteiger partial charge in [-0.2, -0.15) is 0 Å². The fourth-order valence-electron chi connectivity index (χ4n) is 0.625. The standard InChI is InChI=1S/C6H7BO2.Hg/c8-7(9)6-4-2-1-3-5-6;/h1-5,8-9H;. The predicted octanol–water partition coefficient (Wildman–Crippen LogP) is -0.636. The number of rotatable bonds is 1. The molecule has 48 valence electrons. The van der Waals surface area contributed by atoms with Crippen molar-refractivity contribution in [3.8, 4) is 0 Å². The first kappa shape index (κ1) is 10.1. The molecule has 0 aromatic heterocycles. The Kier molecular flexibility index (Phi) is 4.95. The monoisotopic (exact) mass is 324 g/mol. The van der Waals surface area contributed by atoms with Crippen LogP contribution in [-0.4, -0.2) is 17.2 Å². The molecule has 2 N–H and O–H groups in total. The van der Waals surface area contributed by atoms with Crippen molar-refractivity contribution in [2.75, 3.05) is 0 Å². The van der Waals surface area contributed by atoms with E-state index in [1.165, 1.54) is 0 Å². The summed E-state index contributed by atoms with van der Waals surface area (Å²) in [5, 5.41) is 17.2. The van der Waals surface area contributed by atoms with E-state index in [9.17, 15) is 0 Å². The Morgan fingerprint density at radius 2 is 1.50 bits per heavy atom. The quantitative estimate of drug-likeness (QED) is 0.676. The van der Waals surface area contributed by atoms with Crippen molar-refractivity contribution in [1.29, 1.82) is 0 Å². The Bertz CT molecular complexity index is 178. The molecule has 0 saturated carbocycles. The summed E-state index contributed by atoms with van der Waals surface area (Å²) in [6.07, 6.45) is 0. The molecule has 0 saturated heterocycles. The van der Waals surface area contributed by atoms with Crippen molar-refractivity contribution in [1.82, 2.24) is 0 Å². The van der Waals surface area contributed by atoms with Gasteiger partial charge in [0.15, 0.2) is 0 Å². The molecule has 1 aromatic carbocycles. The van der Waals surface area contributed by atoms with Crippen LogP contribution in [-0.2, 0) is 27.7 Å². The van der Waals surface area contributed by atoms with Crippen molar-refractivity contribution in [3.63, 3.8) is 0 Å². The molecule has 0 fully saturated rings. The molecule has 0 radical (unpaired) electrons. The predicted molar refractivity (Wildman–Crippen MR) is 36.3 cm³/mol. The van der Waals surface area contributed by atoms with E-state index in [0.29, 0.717) is 5.46 Å². The smallest absolute Gasteiger partial charge is 0.423 e. The van der Waals surface area contributed by atoms with Crippen molar-refractivity contribution in [3.05, 3.63) is 30.3 Å². The summed E-state index contributed by atoms with van der Waals surface area (Å²) in [5.41, 5.74) is 0.525. The molecule has 0 heterocycles. The molecule has 0 aliphatic carbocycles. The normalized spacial score (nSPS) is 8.20. The molecule has 1 aromatic rings. The minimum Gasteiger partial charge on any atom is -0.423 e. The van der Waals surface area contributed by atoms with E-state index >= 15 is 0 Å². The molecule has 4 heteroatoms. The van der Waals surface area contributed by atoms with Crippen LogP contribution in [0.2, 0.25) is 0 Å². The van der Waals surface area contributed by atoms with E-state index in [-0.39, 0.29) is 27.7 Å². The second-order valence-corrected chi connectivity index (χ2v) is 1.78. The van der Waals surface area contributed by atoms with Crippen molar-refractivity contribution >= 4 is 12.6 Å². The van der Waals surface area contributed by atoms with Crippen LogP contribution in [0.4, 0.5) is 0 Å². The summed E-state index contributed by atoms with van der Waals surface area (Å²) < 4.78 is 0. The molecule has 10 heavy (non-hydrogen) atoms. The van der Waals surface area contributed by atoms with Crippen LogP contribution >= 0.6 is 0 Å². The minimum absolute atomic E-state index is 0.